The first-order valence-corrected chi connectivity index (χ1v) is 4.45. The molecule has 0 radical (unpaired) electrons. The van der Waals surface area contributed by atoms with Crippen molar-refractivity contribution < 1.29 is 4.79 Å². The fraction of sp³-hybridized carbons (Fsp3) is 0.545. The van der Waals surface area contributed by atoms with Crippen LogP contribution in [0.15, 0.2) is 23.8 Å². The van der Waals surface area contributed by atoms with Crippen LogP contribution in [0.2, 0.25) is 0 Å². The van der Waals surface area contributed by atoms with Crippen LogP contribution in [-0.2, 0) is 4.79 Å². The van der Waals surface area contributed by atoms with Gasteiger partial charge in [0.15, 0.2) is 0 Å². The van der Waals surface area contributed by atoms with Gasteiger partial charge in [-0.05, 0) is 26.2 Å². The van der Waals surface area contributed by atoms with Crippen molar-refractivity contribution in [3.8, 4) is 0 Å². The predicted octanol–water partition coefficient (Wildman–Crippen LogP) is 3.12. The number of hydrogen-bond acceptors (Lipinski definition) is 1. The third kappa shape index (κ3) is 5.90. The molecule has 1 nitrogen and oxygen atoms in total. The molecule has 0 N–H and O–H groups in total. The number of carbonyl (C=O) groups excluding carboxylic acids is 1. The molecule has 0 saturated carbocycles. The molecule has 0 aromatic carbocycles. The largest absolute Gasteiger partial charge is 0.303 e. The van der Waals surface area contributed by atoms with E-state index in [1.807, 2.05) is 6.92 Å². The molecule has 0 rings (SSSR count). The van der Waals surface area contributed by atoms with Crippen LogP contribution in [0.1, 0.15) is 33.6 Å². The molecule has 68 valence electrons. The minimum atomic E-state index is 0.505. The molecule has 12 heavy (non-hydrogen) atoms. The summed E-state index contributed by atoms with van der Waals surface area (Å²) in [6.07, 6.45) is 8.93. The Morgan fingerprint density at radius 2 is 2.17 bits per heavy atom. The van der Waals surface area contributed by atoms with E-state index in [2.05, 4.69) is 32.1 Å². The highest BCUT2D eigenvalue weighted by Crippen LogP contribution is 2.07. The summed E-state index contributed by atoms with van der Waals surface area (Å²) in [6.45, 7) is 6.22. The highest BCUT2D eigenvalue weighted by molar-refractivity contribution is 5.49. The zero-order valence-corrected chi connectivity index (χ0v) is 8.21. The van der Waals surface area contributed by atoms with Crippen LogP contribution in [-0.4, -0.2) is 6.29 Å². The first-order chi connectivity index (χ1) is 5.70. The second kappa shape index (κ2) is 6.84. The number of carbonyl (C=O) groups is 1. The lowest BCUT2D eigenvalue weighted by Gasteiger charge is -2.01. The zero-order valence-electron chi connectivity index (χ0n) is 8.21. The number of allylic oxidation sites excluding steroid dienone is 4. The summed E-state index contributed by atoms with van der Waals surface area (Å²) < 4.78 is 0. The Labute approximate surface area is 75.2 Å². The molecule has 0 heterocycles. The third-order valence-corrected chi connectivity index (χ3v) is 1.88. The van der Waals surface area contributed by atoms with E-state index in [9.17, 15) is 4.79 Å². The van der Waals surface area contributed by atoms with Crippen LogP contribution in [0.3, 0.4) is 0 Å². The van der Waals surface area contributed by atoms with Crippen molar-refractivity contribution in [2.75, 3.05) is 0 Å². The summed E-state index contributed by atoms with van der Waals surface area (Å²) in [5.41, 5.74) is 1.27. The fourth-order valence-electron chi connectivity index (χ4n) is 0.839. The van der Waals surface area contributed by atoms with E-state index in [-0.39, 0.29) is 0 Å². The van der Waals surface area contributed by atoms with Gasteiger partial charge in [-0.2, -0.15) is 0 Å². The Bertz CT molecular complexity index is 177. The average Bonchev–Trinajstić information content (AvgIpc) is 2.10. The molecule has 0 bridgehead atoms. The molecule has 1 unspecified atom stereocenters. The second-order valence-electron chi connectivity index (χ2n) is 3.11. The van der Waals surface area contributed by atoms with Gasteiger partial charge in [-0.1, -0.05) is 30.7 Å². The van der Waals surface area contributed by atoms with Crippen molar-refractivity contribution in [3.05, 3.63) is 23.8 Å². The van der Waals surface area contributed by atoms with Crippen LogP contribution in [0, 0.1) is 5.92 Å². The summed E-state index contributed by atoms with van der Waals surface area (Å²) in [5.74, 6) is 0.505. The van der Waals surface area contributed by atoms with Crippen molar-refractivity contribution in [1.29, 1.82) is 0 Å². The highest BCUT2D eigenvalue weighted by atomic mass is 16.1. The van der Waals surface area contributed by atoms with Crippen molar-refractivity contribution in [2.45, 2.75) is 33.6 Å². The van der Waals surface area contributed by atoms with E-state index in [4.69, 9.17) is 0 Å². The van der Waals surface area contributed by atoms with Gasteiger partial charge in [0, 0.05) is 6.42 Å². The van der Waals surface area contributed by atoms with Crippen molar-refractivity contribution in [2.24, 2.45) is 5.92 Å². The molecule has 0 aliphatic carbocycles. The quantitative estimate of drug-likeness (QED) is 0.453. The first kappa shape index (κ1) is 11.2. The Kier molecular flexibility index (Phi) is 6.35. The smallest absolute Gasteiger partial charge is 0.120 e. The van der Waals surface area contributed by atoms with E-state index in [1.165, 1.54) is 5.57 Å². The Balaban J connectivity index is 3.74. The SMILES string of the molecule is C/C=C(C)\C=C/C(C)CCC=O. The van der Waals surface area contributed by atoms with Gasteiger partial charge in [0.1, 0.15) is 6.29 Å². The molecule has 1 heteroatoms. The first-order valence-electron chi connectivity index (χ1n) is 4.45. The highest BCUT2D eigenvalue weighted by Gasteiger charge is 1.94. The summed E-state index contributed by atoms with van der Waals surface area (Å²) >= 11 is 0. The Morgan fingerprint density at radius 1 is 1.50 bits per heavy atom. The van der Waals surface area contributed by atoms with E-state index >= 15 is 0 Å². The Morgan fingerprint density at radius 3 is 2.67 bits per heavy atom. The number of hydrogen-bond donors (Lipinski definition) is 0. The number of rotatable bonds is 5. The minimum Gasteiger partial charge on any atom is -0.303 e. The maximum absolute atomic E-state index is 10.1. The maximum atomic E-state index is 10.1. The van der Waals surface area contributed by atoms with Crippen LogP contribution in [0.4, 0.5) is 0 Å². The van der Waals surface area contributed by atoms with E-state index in [0.29, 0.717) is 12.3 Å². The lowest BCUT2D eigenvalue weighted by atomic mass is 10.0. The fourth-order valence-corrected chi connectivity index (χ4v) is 0.839. The summed E-state index contributed by atoms with van der Waals surface area (Å²) in [4.78, 5) is 10.1. The molecule has 0 fully saturated rings. The normalized spacial score (nSPS) is 15.1. The second-order valence-corrected chi connectivity index (χ2v) is 3.11. The van der Waals surface area contributed by atoms with E-state index < -0.39 is 0 Å². The zero-order chi connectivity index (χ0) is 9.40. The predicted molar refractivity (Wildman–Crippen MR) is 53.0 cm³/mol. The standard InChI is InChI=1S/C11H18O/c1-4-10(2)7-8-11(3)6-5-9-12/h4,7-9,11H,5-6H2,1-3H3/b8-7-,10-4-. The van der Waals surface area contributed by atoms with Crippen LogP contribution >= 0.6 is 0 Å². The van der Waals surface area contributed by atoms with Crippen molar-refractivity contribution in [1.82, 2.24) is 0 Å². The minimum absolute atomic E-state index is 0.505. The Hall–Kier alpha value is -0.850. The molecule has 1 atom stereocenters. The van der Waals surface area contributed by atoms with Gasteiger partial charge in [0.2, 0.25) is 0 Å². The van der Waals surface area contributed by atoms with Gasteiger partial charge >= 0.3 is 0 Å². The van der Waals surface area contributed by atoms with Gasteiger partial charge in [0.05, 0.1) is 0 Å². The summed E-state index contributed by atoms with van der Waals surface area (Å²) in [7, 11) is 0. The van der Waals surface area contributed by atoms with E-state index in [1.54, 1.807) is 0 Å². The van der Waals surface area contributed by atoms with E-state index in [0.717, 1.165) is 12.7 Å². The molecular weight excluding hydrogens is 148 g/mol. The molecule has 0 spiro atoms. The molecular formula is C11H18O. The summed E-state index contributed by atoms with van der Waals surface area (Å²) in [6, 6.07) is 0. The lowest BCUT2D eigenvalue weighted by Crippen LogP contribution is -1.89. The molecule has 0 aliphatic rings. The van der Waals surface area contributed by atoms with Gasteiger partial charge in [-0.25, -0.2) is 0 Å². The van der Waals surface area contributed by atoms with Crippen LogP contribution in [0.25, 0.3) is 0 Å². The molecule has 0 saturated heterocycles. The topological polar surface area (TPSA) is 17.1 Å². The van der Waals surface area contributed by atoms with Crippen molar-refractivity contribution >= 4 is 6.29 Å². The molecule has 0 aromatic rings. The maximum Gasteiger partial charge on any atom is 0.120 e. The van der Waals surface area contributed by atoms with Gasteiger partial charge in [-0.3, -0.25) is 0 Å². The average molecular weight is 166 g/mol. The van der Waals surface area contributed by atoms with Gasteiger partial charge in [0.25, 0.3) is 0 Å². The molecule has 0 aromatic heterocycles. The summed E-state index contributed by atoms with van der Waals surface area (Å²) in [5, 5.41) is 0. The number of aldehydes is 1. The molecule has 0 amide bonds. The molecule has 0 aliphatic heterocycles. The monoisotopic (exact) mass is 166 g/mol. The van der Waals surface area contributed by atoms with Crippen molar-refractivity contribution in [3.63, 3.8) is 0 Å². The lowest BCUT2D eigenvalue weighted by molar-refractivity contribution is -0.108. The van der Waals surface area contributed by atoms with Gasteiger partial charge in [-0.15, -0.1) is 0 Å². The van der Waals surface area contributed by atoms with Crippen LogP contribution < -0.4 is 0 Å². The third-order valence-electron chi connectivity index (χ3n) is 1.88. The van der Waals surface area contributed by atoms with Crippen LogP contribution in [0.5, 0.6) is 0 Å². The van der Waals surface area contributed by atoms with Gasteiger partial charge < -0.3 is 4.79 Å².